The Bertz CT molecular complexity index is 890. The fourth-order valence-electron chi connectivity index (χ4n) is 3.65. The largest absolute Gasteiger partial charge is 0.322 e. The quantitative estimate of drug-likeness (QED) is 0.366. The molecule has 3 atom stereocenters. The molecule has 30 heavy (non-hydrogen) atoms. The molecule has 0 saturated carbocycles. The minimum atomic E-state index is -3.21. The Hall–Kier alpha value is -2.05. The van der Waals surface area contributed by atoms with Crippen LogP contribution in [0, 0.1) is 0 Å². The Kier molecular flexibility index (Phi) is 7.42. The number of hydrogen-bond acceptors (Lipinski definition) is 7. The Morgan fingerprint density at radius 1 is 1.20 bits per heavy atom. The van der Waals surface area contributed by atoms with Crippen LogP contribution in [0.1, 0.15) is 24.5 Å². The van der Waals surface area contributed by atoms with E-state index >= 15 is 0 Å². The summed E-state index contributed by atoms with van der Waals surface area (Å²) in [6, 6.07) is 7.90. The van der Waals surface area contributed by atoms with Gasteiger partial charge in [-0.05, 0) is 25.1 Å². The van der Waals surface area contributed by atoms with Gasteiger partial charge in [-0.15, -0.1) is 0 Å². The smallest absolute Gasteiger partial charge is 0.318 e. The van der Waals surface area contributed by atoms with Gasteiger partial charge in [-0.1, -0.05) is 24.3 Å². The zero-order valence-corrected chi connectivity index (χ0v) is 18.4. The number of amides is 2. The number of carbonyl (C=O) groups excluding carboxylic acids is 1. The van der Waals surface area contributed by atoms with Gasteiger partial charge in [0, 0.05) is 38.2 Å². The monoisotopic (exact) mass is 437 g/mol. The molecule has 2 aliphatic heterocycles. The number of nitrogens with one attached hydrogen (secondary N) is 5. The van der Waals surface area contributed by atoms with Crippen LogP contribution in [0.2, 0.25) is 0 Å². The van der Waals surface area contributed by atoms with E-state index in [1.54, 1.807) is 0 Å². The molecule has 0 saturated heterocycles. The normalized spacial score (nSPS) is 24.6. The van der Waals surface area contributed by atoms with Crippen LogP contribution in [0.25, 0.3) is 0 Å². The van der Waals surface area contributed by atoms with Gasteiger partial charge in [0.25, 0.3) is 0 Å². The molecule has 2 amide bonds. The van der Waals surface area contributed by atoms with Crippen LogP contribution < -0.4 is 26.0 Å². The van der Waals surface area contributed by atoms with Crippen LogP contribution in [0.5, 0.6) is 0 Å². The number of aliphatic imine (C=N–C) groups is 1. The molecule has 3 unspecified atom stereocenters. The molecule has 0 fully saturated rings. The van der Waals surface area contributed by atoms with Crippen molar-refractivity contribution in [3.05, 3.63) is 35.4 Å². The average Bonchev–Trinajstić information content (AvgIpc) is 2.67. The third-order valence-corrected chi connectivity index (χ3v) is 5.95. The summed E-state index contributed by atoms with van der Waals surface area (Å²) in [5.74, 6) is 0. The maximum Gasteiger partial charge on any atom is 0.318 e. The van der Waals surface area contributed by atoms with Gasteiger partial charge in [-0.2, -0.15) is 0 Å². The van der Waals surface area contributed by atoms with Crippen molar-refractivity contribution in [3.8, 4) is 0 Å². The molecule has 0 aromatic heterocycles. The first-order chi connectivity index (χ1) is 14.2. The van der Waals surface area contributed by atoms with Gasteiger partial charge in [0.05, 0.1) is 18.6 Å². The van der Waals surface area contributed by atoms with Crippen molar-refractivity contribution in [2.24, 2.45) is 4.99 Å². The topological polar surface area (TPSA) is 127 Å². The number of fused-ring (bicyclic) bond motifs is 1. The van der Waals surface area contributed by atoms with Crippen LogP contribution in [-0.4, -0.2) is 70.1 Å². The highest BCUT2D eigenvalue weighted by atomic mass is 32.2. The molecular formula is C19H31N7O3S. The van der Waals surface area contributed by atoms with Gasteiger partial charge in [0.1, 0.15) is 0 Å². The molecule has 0 spiro atoms. The van der Waals surface area contributed by atoms with E-state index in [9.17, 15) is 13.2 Å². The van der Waals surface area contributed by atoms with Crippen molar-refractivity contribution in [3.63, 3.8) is 0 Å². The third kappa shape index (κ3) is 6.47. The number of nitrogens with zero attached hydrogens (tertiary/aromatic N) is 2. The van der Waals surface area contributed by atoms with Crippen molar-refractivity contribution < 1.29 is 13.2 Å². The van der Waals surface area contributed by atoms with Crippen molar-refractivity contribution >= 4 is 21.8 Å². The highest BCUT2D eigenvalue weighted by Crippen LogP contribution is 2.15. The highest BCUT2D eigenvalue weighted by Gasteiger charge is 2.29. The molecule has 0 aliphatic carbocycles. The first-order valence-corrected chi connectivity index (χ1v) is 11.9. The van der Waals surface area contributed by atoms with Gasteiger partial charge in [0.2, 0.25) is 10.0 Å². The van der Waals surface area contributed by atoms with Crippen LogP contribution in [0.3, 0.4) is 0 Å². The summed E-state index contributed by atoms with van der Waals surface area (Å²) in [6.07, 6.45) is 1.84. The minimum absolute atomic E-state index is 0.0613. The zero-order valence-electron chi connectivity index (χ0n) is 17.6. The number of rotatable bonds is 7. The second-order valence-electron chi connectivity index (χ2n) is 7.77. The highest BCUT2D eigenvalue weighted by molar-refractivity contribution is 7.88. The van der Waals surface area contributed by atoms with Crippen LogP contribution in [0.15, 0.2) is 29.3 Å². The van der Waals surface area contributed by atoms with Crippen molar-refractivity contribution in [2.75, 3.05) is 26.4 Å². The Morgan fingerprint density at radius 2 is 1.93 bits per heavy atom. The number of urea groups is 1. The van der Waals surface area contributed by atoms with E-state index in [1.807, 2.05) is 31.0 Å². The lowest BCUT2D eigenvalue weighted by Gasteiger charge is -2.38. The van der Waals surface area contributed by atoms with E-state index in [1.165, 1.54) is 11.1 Å². The van der Waals surface area contributed by atoms with E-state index in [2.05, 4.69) is 43.1 Å². The Morgan fingerprint density at radius 3 is 2.67 bits per heavy atom. The summed E-state index contributed by atoms with van der Waals surface area (Å²) < 4.78 is 24.8. The predicted molar refractivity (Wildman–Crippen MR) is 116 cm³/mol. The lowest BCUT2D eigenvalue weighted by Crippen LogP contribution is -2.61. The summed E-state index contributed by atoms with van der Waals surface area (Å²) in [5, 5.41) is 12.5. The Labute approximate surface area is 177 Å². The lowest BCUT2D eigenvalue weighted by molar-refractivity contribution is 0.121. The maximum atomic E-state index is 12.6. The van der Waals surface area contributed by atoms with Gasteiger partial charge >= 0.3 is 6.03 Å². The molecule has 3 rings (SSSR count). The van der Waals surface area contributed by atoms with E-state index < -0.39 is 16.3 Å². The molecule has 2 heterocycles. The van der Waals surface area contributed by atoms with Crippen molar-refractivity contribution in [1.29, 1.82) is 0 Å². The van der Waals surface area contributed by atoms with E-state index in [-0.39, 0.29) is 18.4 Å². The predicted octanol–water partition coefficient (Wildman–Crippen LogP) is -0.497. The molecule has 0 radical (unpaired) electrons. The summed E-state index contributed by atoms with van der Waals surface area (Å²) in [5.41, 5.74) is 3.40. The van der Waals surface area contributed by atoms with Crippen molar-refractivity contribution in [1.82, 2.24) is 30.9 Å². The fourth-order valence-corrected chi connectivity index (χ4v) is 4.12. The van der Waals surface area contributed by atoms with Crippen molar-refractivity contribution in [2.45, 2.75) is 44.9 Å². The first-order valence-electron chi connectivity index (χ1n) is 10.0. The molecule has 2 aliphatic rings. The van der Waals surface area contributed by atoms with Crippen LogP contribution >= 0.6 is 0 Å². The number of hydrogen-bond donors (Lipinski definition) is 5. The Balaban J connectivity index is 1.50. The average molecular weight is 438 g/mol. The molecule has 11 heteroatoms. The number of sulfonamides is 1. The molecular weight excluding hydrogens is 406 g/mol. The van der Waals surface area contributed by atoms with Crippen LogP contribution in [-0.2, 0) is 23.0 Å². The summed E-state index contributed by atoms with van der Waals surface area (Å²) in [4.78, 5) is 19.0. The van der Waals surface area contributed by atoms with E-state index in [4.69, 9.17) is 0 Å². The SMILES string of the molecule is CC1=NC(NC(=O)NC2Cc3ccccc3CN2)N(C)C(NCCNS(C)(=O)=O)C1. The van der Waals surface area contributed by atoms with Gasteiger partial charge in [-0.3, -0.25) is 15.2 Å². The van der Waals surface area contributed by atoms with E-state index in [0.717, 1.165) is 24.9 Å². The molecule has 166 valence electrons. The second-order valence-corrected chi connectivity index (χ2v) is 9.60. The molecule has 0 bridgehead atoms. The minimum Gasteiger partial charge on any atom is -0.322 e. The zero-order chi connectivity index (χ0) is 21.7. The number of benzene rings is 1. The van der Waals surface area contributed by atoms with Gasteiger partial charge < -0.3 is 16.0 Å². The van der Waals surface area contributed by atoms with Crippen LogP contribution in [0.4, 0.5) is 4.79 Å². The summed E-state index contributed by atoms with van der Waals surface area (Å²) in [7, 11) is -1.34. The maximum absolute atomic E-state index is 12.6. The molecule has 5 N–H and O–H groups in total. The summed E-state index contributed by atoms with van der Waals surface area (Å²) in [6.45, 7) is 3.41. The fraction of sp³-hybridized carbons (Fsp3) is 0.579. The molecule has 10 nitrogen and oxygen atoms in total. The second kappa shape index (κ2) is 9.84. The molecule has 1 aromatic carbocycles. The summed E-state index contributed by atoms with van der Waals surface area (Å²) >= 11 is 0. The van der Waals surface area contributed by atoms with Gasteiger partial charge in [0.15, 0.2) is 6.29 Å². The molecule has 1 aromatic rings. The van der Waals surface area contributed by atoms with E-state index in [0.29, 0.717) is 19.5 Å². The third-order valence-electron chi connectivity index (χ3n) is 5.22. The first kappa shape index (κ1) is 22.6. The number of carbonyl (C=O) groups is 1. The lowest BCUT2D eigenvalue weighted by atomic mass is 9.99. The van der Waals surface area contributed by atoms with Gasteiger partial charge in [-0.25, -0.2) is 17.9 Å². The standard InChI is InChI=1S/C19H31N7O3S/c1-13-10-17(20-8-9-22-30(3,28)29)26(2)18(23-13)25-19(27)24-16-11-14-6-4-5-7-15(14)12-21-16/h4-7,16-18,20-22H,8-12H2,1-3H3,(H2,24,25,27).